The maximum atomic E-state index is 4.96. The number of rotatable bonds is 0. The first-order valence-corrected chi connectivity index (χ1v) is 32.8. The summed E-state index contributed by atoms with van der Waals surface area (Å²) in [5.74, 6) is 322. The summed E-state index contributed by atoms with van der Waals surface area (Å²) in [7, 11) is 0. The Hall–Kier alpha value is -28.6. The van der Waals surface area contributed by atoms with Crippen molar-refractivity contribution in [3.05, 3.63) is 0 Å². The van der Waals surface area contributed by atoms with Crippen LogP contribution < -0.4 is 0 Å². The van der Waals surface area contributed by atoms with Crippen LogP contribution in [0.15, 0.2) is 0 Å². The smallest absolute Gasteiger partial charge is 0 e. The van der Waals surface area contributed by atoms with E-state index < -0.39 is 0 Å². The second-order valence-corrected chi connectivity index (χ2v) is 16.3. The molecule has 0 aromatic rings. The molecule has 0 saturated carbocycles. The highest BCUT2D eigenvalue weighted by Gasteiger charge is 1.70. The van der Waals surface area contributed by atoms with E-state index in [0.29, 0.717) is 0 Å². The highest BCUT2D eigenvalue weighted by atomic mass is 13.7. The van der Waals surface area contributed by atoms with Gasteiger partial charge in [-0.25, -0.2) is 0 Å². The third kappa shape index (κ3) is 101. The standard InChI is InChI=1S/C131H4/c1-3-5-7-9-11-13-15-17-19-21-23-25-27-29-31-33-35-37-39-41-43-45-47-49-51-53-55-57-59-61-63-65-67-69-71-73-75-77-79-81-83-85-87-89-91-93-95-97-99-101-103-105-107-109-111-113-115-117-119-121-123-125-127-129-131-130-128-126-124-122-120-118-116-114-112-110-108-106-104-102-100-98-96-94-92-90-88-86-84-82-80-78-76-74-72-70-68-66-64-62-60-58-56-54-52-50-48-46-44-42-40-38-36-34-32-30-28-26-24-22-20-18-16-14-12-10-8-6-4-2/h1H,2H3. The summed E-state index contributed by atoms with van der Waals surface area (Å²) >= 11 is 0. The third-order valence-electron chi connectivity index (χ3n) is 8.07. The van der Waals surface area contributed by atoms with E-state index in [0.717, 1.165) is 0 Å². The third-order valence-corrected chi connectivity index (χ3v) is 8.07. The minimum Gasteiger partial charge on any atom is -0.106 e. The van der Waals surface area contributed by atoms with Gasteiger partial charge >= 0.3 is 0 Å². The molecule has 0 unspecified atom stereocenters. The number of terminal acetylenes is 1. The minimum absolute atomic E-state index is 1.68. The van der Waals surface area contributed by atoms with Crippen molar-refractivity contribution in [3.8, 4) is 770 Å². The molecule has 0 atom stereocenters. The Kier molecular flexibility index (Phi) is 79.3. The molecule has 0 aliphatic rings. The Morgan fingerprint density at radius 3 is 0.137 bits per heavy atom. The molecule has 0 aromatic heterocycles. The Morgan fingerprint density at radius 1 is 0.0611 bits per heavy atom. The van der Waals surface area contributed by atoms with Crippen LogP contribution in [0.3, 0.4) is 0 Å². The second-order valence-electron chi connectivity index (χ2n) is 16.3. The highest BCUT2D eigenvalue weighted by molar-refractivity contribution is 5.59. The lowest BCUT2D eigenvalue weighted by molar-refractivity contribution is 1.92. The molecule has 528 valence electrons. The zero-order valence-electron chi connectivity index (χ0n) is 66.1. The van der Waals surface area contributed by atoms with Crippen molar-refractivity contribution in [2.45, 2.75) is 6.92 Å². The van der Waals surface area contributed by atoms with Gasteiger partial charge in [0.2, 0.25) is 0 Å². The molecule has 0 amide bonds. The van der Waals surface area contributed by atoms with E-state index in [2.05, 4.69) is 764 Å². The fourth-order valence-corrected chi connectivity index (χ4v) is 4.00. The van der Waals surface area contributed by atoms with Crippen LogP contribution in [0, 0.1) is 770 Å². The summed E-state index contributed by atoms with van der Waals surface area (Å²) in [5.41, 5.74) is 0. The van der Waals surface area contributed by atoms with Gasteiger partial charge in [0.05, 0.1) is 0 Å². The van der Waals surface area contributed by atoms with Crippen LogP contribution in [0.25, 0.3) is 0 Å². The van der Waals surface area contributed by atoms with E-state index in [1.165, 1.54) is 0 Å². The molecule has 0 fully saturated rings. The highest BCUT2D eigenvalue weighted by Crippen LogP contribution is 1.70. The fourth-order valence-electron chi connectivity index (χ4n) is 4.00. The molecule has 0 bridgehead atoms. The molecule has 0 heterocycles. The first-order chi connectivity index (χ1) is 65.4. The van der Waals surface area contributed by atoms with Crippen molar-refractivity contribution >= 4 is 0 Å². The number of hydrogen-bond acceptors (Lipinski definition) is 0. The Morgan fingerprint density at radius 2 is 0.0992 bits per heavy atom. The van der Waals surface area contributed by atoms with Gasteiger partial charge in [0.25, 0.3) is 0 Å². The van der Waals surface area contributed by atoms with Crippen LogP contribution in [0.1, 0.15) is 6.92 Å². The quantitative estimate of drug-likeness (QED) is 0.317. The maximum absolute atomic E-state index is 4.96. The average Bonchev–Trinajstić information content (AvgIpc) is 1.22. The first-order valence-electron chi connectivity index (χ1n) is 32.8. The van der Waals surface area contributed by atoms with E-state index >= 15 is 0 Å². The molecule has 0 aromatic carbocycles. The maximum Gasteiger partial charge on any atom is 0 e. The molecule has 0 nitrogen and oxygen atoms in total. The monoisotopic (exact) mass is 1580 g/mol. The Bertz CT molecular complexity index is 9120. The molecule has 0 spiro atoms. The predicted molar refractivity (Wildman–Crippen MR) is 512 cm³/mol. The summed E-state index contributed by atoms with van der Waals surface area (Å²) in [6.45, 7) is 1.68. The molecule has 0 radical (unpaired) electrons. The van der Waals surface area contributed by atoms with Crippen LogP contribution in [-0.2, 0) is 0 Å². The lowest BCUT2D eigenvalue weighted by atomic mass is 10.4. The fraction of sp³-hybridized carbons (Fsp3) is 0.00763. The zero-order valence-corrected chi connectivity index (χ0v) is 66.1. The van der Waals surface area contributed by atoms with Crippen molar-refractivity contribution in [2.24, 2.45) is 0 Å². The summed E-state index contributed by atoms with van der Waals surface area (Å²) in [6, 6.07) is 0. The van der Waals surface area contributed by atoms with E-state index in [9.17, 15) is 0 Å². The minimum atomic E-state index is 1.68. The van der Waals surface area contributed by atoms with Gasteiger partial charge in [-0.1, -0.05) is 5.92 Å². The zero-order chi connectivity index (χ0) is 93.2. The molecule has 0 N–H and O–H groups in total. The van der Waals surface area contributed by atoms with E-state index in [4.69, 9.17) is 6.42 Å². The summed E-state index contributed by atoms with van der Waals surface area (Å²) in [6.07, 6.45) is 4.96. The SMILES string of the molecule is C#CC#CC#CC#CC#CC#CC#CC#CC#CC#CC#CC#CC#CC#CC#CC#CC#CC#CC#CC#CC#CC#CC#CC#CC#CC#CC#CC#CC#CC#CC#CC#CC#CC#CC#CC#CC#CC#CC#CC#CC#CC#CC#CC#CC#CC#CC#CC#CC#CC#CC#CC#CC#CC#CC#CC#CC#CC#CC#CC#CC#CC#CC#CC#CC#CC. The van der Waals surface area contributed by atoms with E-state index in [-0.39, 0.29) is 0 Å². The molecule has 0 heteroatoms. The van der Waals surface area contributed by atoms with Crippen LogP contribution >= 0.6 is 0 Å². The molecule has 131 heavy (non-hydrogen) atoms. The molecular formula is C131H4. The Labute approximate surface area is 771 Å². The second kappa shape index (κ2) is 101. The van der Waals surface area contributed by atoms with Gasteiger partial charge in [-0.3, -0.25) is 0 Å². The lowest BCUT2D eigenvalue weighted by Crippen LogP contribution is -1.57. The van der Waals surface area contributed by atoms with E-state index in [1.807, 2.05) is 0 Å². The lowest BCUT2D eigenvalue weighted by Gasteiger charge is -1.58. The molecule has 0 aliphatic carbocycles. The van der Waals surface area contributed by atoms with Gasteiger partial charge in [0, 0.05) is 663 Å². The van der Waals surface area contributed by atoms with Crippen molar-refractivity contribution in [3.63, 3.8) is 0 Å². The van der Waals surface area contributed by atoms with Crippen LogP contribution in [0.2, 0.25) is 0 Å². The normalized spacial score (nSPS) is 3.97. The van der Waals surface area contributed by atoms with Crippen molar-refractivity contribution < 1.29 is 0 Å². The topological polar surface area (TPSA) is 0 Å². The molecule has 0 aliphatic heterocycles. The van der Waals surface area contributed by atoms with Crippen LogP contribution in [0.5, 0.6) is 0 Å². The van der Waals surface area contributed by atoms with E-state index in [1.54, 1.807) is 6.92 Å². The van der Waals surface area contributed by atoms with Gasteiger partial charge in [0.1, 0.15) is 0 Å². The van der Waals surface area contributed by atoms with Gasteiger partial charge in [0.15, 0.2) is 0 Å². The van der Waals surface area contributed by atoms with Crippen molar-refractivity contribution in [2.75, 3.05) is 0 Å². The van der Waals surface area contributed by atoms with Crippen molar-refractivity contribution in [1.29, 1.82) is 0 Å². The first kappa shape index (κ1) is 102. The van der Waals surface area contributed by atoms with Crippen LogP contribution in [0.4, 0.5) is 0 Å². The average molecular weight is 1580 g/mol. The largest absolute Gasteiger partial charge is 0.106 e. The predicted octanol–water partition coefficient (Wildman–Crippen LogP) is 0.857. The summed E-state index contributed by atoms with van der Waals surface area (Å²) < 4.78 is 0. The Balaban J connectivity index is 4.65. The van der Waals surface area contributed by atoms with Crippen LogP contribution in [-0.4, -0.2) is 0 Å². The molecule has 0 rings (SSSR count). The van der Waals surface area contributed by atoms with Gasteiger partial charge < -0.3 is 0 Å². The molecule has 0 saturated heterocycles. The van der Waals surface area contributed by atoms with Crippen molar-refractivity contribution in [1.82, 2.24) is 0 Å². The summed E-state index contributed by atoms with van der Waals surface area (Å²) in [4.78, 5) is 0. The number of hydrogen-bond donors (Lipinski definition) is 0. The summed E-state index contributed by atoms with van der Waals surface area (Å²) in [5, 5.41) is 0. The van der Waals surface area contributed by atoms with Gasteiger partial charge in [-0.15, -0.1) is 6.42 Å². The molecular weight excluding hydrogens is 1570 g/mol. The van der Waals surface area contributed by atoms with Gasteiger partial charge in [-0.2, -0.15) is 0 Å². The van der Waals surface area contributed by atoms with Gasteiger partial charge in [-0.05, 0) is 102 Å².